The maximum atomic E-state index is 12.2. The summed E-state index contributed by atoms with van der Waals surface area (Å²) >= 11 is 0. The van der Waals surface area contributed by atoms with Gasteiger partial charge in [0, 0.05) is 13.1 Å². The number of carbonyl (C=O) groups is 2. The van der Waals surface area contributed by atoms with Crippen LogP contribution in [0.2, 0.25) is 0 Å². The maximum absolute atomic E-state index is 12.2. The van der Waals surface area contributed by atoms with Crippen molar-refractivity contribution in [1.82, 2.24) is 15.6 Å². The molecule has 1 rings (SSSR count). The molecular weight excluding hydrogens is 358 g/mol. The molecule has 1 aromatic rings. The van der Waals surface area contributed by atoms with Crippen molar-refractivity contribution >= 4 is 21.9 Å². The van der Waals surface area contributed by atoms with Gasteiger partial charge < -0.3 is 10.6 Å². The fraction of sp³-hybridized carbons (Fsp3) is 0.588. The second kappa shape index (κ2) is 10.9. The summed E-state index contributed by atoms with van der Waals surface area (Å²) in [4.78, 5) is 28.5. The third-order valence-corrected chi connectivity index (χ3v) is 4.32. The van der Waals surface area contributed by atoms with Gasteiger partial charge in [-0.2, -0.15) is 8.42 Å². The number of aryl methyl sites for hydroxylation is 1. The van der Waals surface area contributed by atoms with E-state index >= 15 is 0 Å². The van der Waals surface area contributed by atoms with Crippen molar-refractivity contribution in [3.05, 3.63) is 29.1 Å². The number of unbranched alkanes of at least 4 members (excludes halogenated alkanes) is 2. The molecule has 3 N–H and O–H groups in total. The molecule has 1 aromatic heterocycles. The SMILES string of the molecule is CCCCCc1cc(C(=O)NCCC)nc(C(=O)NCCS(=O)(=O)O)c1. The van der Waals surface area contributed by atoms with Gasteiger partial charge in [0.15, 0.2) is 0 Å². The fourth-order valence-corrected chi connectivity index (χ4v) is 2.62. The van der Waals surface area contributed by atoms with Crippen molar-refractivity contribution in [3.8, 4) is 0 Å². The molecule has 0 aliphatic rings. The smallest absolute Gasteiger partial charge is 0.269 e. The van der Waals surface area contributed by atoms with Crippen LogP contribution in [0.15, 0.2) is 12.1 Å². The predicted molar refractivity (Wildman–Crippen MR) is 98.8 cm³/mol. The molecule has 0 radical (unpaired) electrons. The van der Waals surface area contributed by atoms with Gasteiger partial charge in [0.2, 0.25) is 0 Å². The normalized spacial score (nSPS) is 11.2. The zero-order valence-electron chi connectivity index (χ0n) is 15.2. The number of hydrogen-bond acceptors (Lipinski definition) is 5. The average molecular weight is 385 g/mol. The lowest BCUT2D eigenvalue weighted by atomic mass is 10.1. The summed E-state index contributed by atoms with van der Waals surface area (Å²) in [6.07, 6.45) is 4.52. The molecule has 0 fully saturated rings. The van der Waals surface area contributed by atoms with Gasteiger partial charge in [-0.3, -0.25) is 14.1 Å². The summed E-state index contributed by atoms with van der Waals surface area (Å²) in [7, 11) is -4.16. The van der Waals surface area contributed by atoms with Gasteiger partial charge in [0.1, 0.15) is 11.4 Å². The molecule has 146 valence electrons. The van der Waals surface area contributed by atoms with Gasteiger partial charge in [-0.1, -0.05) is 26.7 Å². The molecule has 9 heteroatoms. The number of pyridine rings is 1. The topological polar surface area (TPSA) is 125 Å². The molecule has 0 aliphatic carbocycles. The average Bonchev–Trinajstić information content (AvgIpc) is 2.58. The van der Waals surface area contributed by atoms with Crippen LogP contribution < -0.4 is 10.6 Å². The molecule has 1 heterocycles. The van der Waals surface area contributed by atoms with E-state index in [0.717, 1.165) is 37.7 Å². The molecule has 0 aliphatic heterocycles. The van der Waals surface area contributed by atoms with Gasteiger partial charge in [-0.05, 0) is 37.0 Å². The lowest BCUT2D eigenvalue weighted by molar-refractivity contribution is 0.0945. The minimum absolute atomic E-state index is 0.0518. The van der Waals surface area contributed by atoms with Crippen LogP contribution in [0, 0.1) is 0 Å². The van der Waals surface area contributed by atoms with Gasteiger partial charge in [0.25, 0.3) is 21.9 Å². The second-order valence-corrected chi connectivity index (χ2v) is 7.57. The van der Waals surface area contributed by atoms with E-state index in [9.17, 15) is 18.0 Å². The number of nitrogens with zero attached hydrogens (tertiary/aromatic N) is 1. The van der Waals surface area contributed by atoms with E-state index in [1.807, 2.05) is 6.92 Å². The van der Waals surface area contributed by atoms with Gasteiger partial charge >= 0.3 is 0 Å². The number of hydrogen-bond donors (Lipinski definition) is 3. The Hall–Kier alpha value is -2.00. The van der Waals surface area contributed by atoms with E-state index in [2.05, 4.69) is 22.5 Å². The standard InChI is InChI=1S/C17H27N3O5S/c1-3-5-6-7-13-11-14(16(21)18-8-4-2)20-15(12-13)17(22)19-9-10-26(23,24)25/h11-12H,3-10H2,1-2H3,(H,18,21)(H,19,22)(H,23,24,25). The van der Waals surface area contributed by atoms with Gasteiger partial charge in [-0.25, -0.2) is 4.98 Å². The van der Waals surface area contributed by atoms with E-state index in [4.69, 9.17) is 4.55 Å². The van der Waals surface area contributed by atoms with Crippen LogP contribution in [0.3, 0.4) is 0 Å². The first kappa shape index (κ1) is 22.0. The van der Waals surface area contributed by atoms with E-state index < -0.39 is 21.8 Å². The predicted octanol–water partition coefficient (Wildman–Crippen LogP) is 1.57. The molecule has 0 saturated heterocycles. The van der Waals surface area contributed by atoms with Gasteiger partial charge in [-0.15, -0.1) is 0 Å². The zero-order chi connectivity index (χ0) is 19.6. The Bertz CT molecular complexity index is 719. The minimum atomic E-state index is -4.16. The largest absolute Gasteiger partial charge is 0.351 e. The Kier molecular flexibility index (Phi) is 9.22. The molecule has 26 heavy (non-hydrogen) atoms. The molecule has 0 spiro atoms. The first-order valence-corrected chi connectivity index (χ1v) is 10.4. The molecule has 0 aromatic carbocycles. The van der Waals surface area contributed by atoms with Crippen LogP contribution in [0.5, 0.6) is 0 Å². The number of rotatable bonds is 11. The molecule has 2 amide bonds. The van der Waals surface area contributed by atoms with E-state index in [1.54, 1.807) is 12.1 Å². The summed E-state index contributed by atoms with van der Waals surface area (Å²) in [5, 5.41) is 5.11. The fourth-order valence-electron chi connectivity index (χ4n) is 2.26. The van der Waals surface area contributed by atoms with Crippen LogP contribution in [-0.4, -0.2) is 48.6 Å². The summed E-state index contributed by atoms with van der Waals surface area (Å²) in [6, 6.07) is 3.28. The summed E-state index contributed by atoms with van der Waals surface area (Å²) in [6.45, 7) is 4.29. The molecule has 0 unspecified atom stereocenters. The van der Waals surface area contributed by atoms with Crippen molar-refractivity contribution in [3.63, 3.8) is 0 Å². The first-order chi connectivity index (χ1) is 12.3. The van der Waals surface area contributed by atoms with Crippen LogP contribution in [0.1, 0.15) is 66.1 Å². The highest BCUT2D eigenvalue weighted by Gasteiger charge is 2.15. The molecule has 8 nitrogen and oxygen atoms in total. The number of aromatic nitrogens is 1. The summed E-state index contributed by atoms with van der Waals surface area (Å²) in [5.74, 6) is -1.52. The number of amides is 2. The number of carbonyl (C=O) groups excluding carboxylic acids is 2. The quantitative estimate of drug-likeness (QED) is 0.392. The van der Waals surface area contributed by atoms with E-state index in [0.29, 0.717) is 6.54 Å². The summed E-state index contributed by atoms with van der Waals surface area (Å²) in [5.41, 5.74) is 1.04. The lowest BCUT2D eigenvalue weighted by Gasteiger charge is -2.10. The van der Waals surface area contributed by atoms with Crippen LogP contribution >= 0.6 is 0 Å². The summed E-state index contributed by atoms with van der Waals surface area (Å²) < 4.78 is 30.2. The minimum Gasteiger partial charge on any atom is -0.351 e. The van der Waals surface area contributed by atoms with E-state index in [-0.39, 0.29) is 23.8 Å². The van der Waals surface area contributed by atoms with Crippen molar-refractivity contribution in [2.24, 2.45) is 0 Å². The van der Waals surface area contributed by atoms with Crippen LogP contribution in [0.4, 0.5) is 0 Å². The van der Waals surface area contributed by atoms with Crippen LogP contribution in [-0.2, 0) is 16.5 Å². The Morgan fingerprint density at radius 2 is 1.58 bits per heavy atom. The lowest BCUT2D eigenvalue weighted by Crippen LogP contribution is -2.31. The van der Waals surface area contributed by atoms with Crippen LogP contribution in [0.25, 0.3) is 0 Å². The van der Waals surface area contributed by atoms with Crippen molar-refractivity contribution in [2.75, 3.05) is 18.8 Å². The van der Waals surface area contributed by atoms with E-state index in [1.165, 1.54) is 0 Å². The van der Waals surface area contributed by atoms with Gasteiger partial charge in [0.05, 0.1) is 5.75 Å². The highest BCUT2D eigenvalue weighted by atomic mass is 32.2. The van der Waals surface area contributed by atoms with Crippen molar-refractivity contribution < 1.29 is 22.6 Å². The third-order valence-electron chi connectivity index (χ3n) is 3.60. The number of nitrogens with one attached hydrogen (secondary N) is 2. The van der Waals surface area contributed by atoms with Crippen molar-refractivity contribution in [2.45, 2.75) is 46.0 Å². The Balaban J connectivity index is 2.94. The zero-order valence-corrected chi connectivity index (χ0v) is 16.1. The Morgan fingerprint density at radius 3 is 2.08 bits per heavy atom. The third kappa shape index (κ3) is 8.39. The molecule has 0 saturated carbocycles. The Labute approximate surface area is 154 Å². The van der Waals surface area contributed by atoms with Crippen molar-refractivity contribution in [1.29, 1.82) is 0 Å². The first-order valence-electron chi connectivity index (χ1n) is 8.79. The Morgan fingerprint density at radius 1 is 1.00 bits per heavy atom. The molecule has 0 atom stereocenters. The highest BCUT2D eigenvalue weighted by molar-refractivity contribution is 7.85. The highest BCUT2D eigenvalue weighted by Crippen LogP contribution is 2.11. The molecular formula is C17H27N3O5S. The molecule has 0 bridgehead atoms. The monoisotopic (exact) mass is 385 g/mol. The maximum Gasteiger partial charge on any atom is 0.269 e. The second-order valence-electron chi connectivity index (χ2n) is 6.00.